The van der Waals surface area contributed by atoms with Gasteiger partial charge in [-0.05, 0) is 55.5 Å². The van der Waals surface area contributed by atoms with E-state index in [2.05, 4.69) is 21.4 Å². The van der Waals surface area contributed by atoms with E-state index in [1.54, 1.807) is 60.7 Å². The van der Waals surface area contributed by atoms with Crippen molar-refractivity contribution in [1.29, 1.82) is 0 Å². The first-order valence-corrected chi connectivity index (χ1v) is 10.2. The van der Waals surface area contributed by atoms with Crippen molar-refractivity contribution in [3.8, 4) is 5.75 Å². The summed E-state index contributed by atoms with van der Waals surface area (Å²) < 4.78 is 6.28. The summed E-state index contributed by atoms with van der Waals surface area (Å²) >= 11 is 3.38. The second-order valence-corrected chi connectivity index (χ2v) is 7.83. The number of aryl methyl sites for hydroxylation is 1. The number of benzene rings is 3. The molecule has 2 amide bonds. The molecule has 6 nitrogen and oxygen atoms in total. The van der Waals surface area contributed by atoms with E-state index in [0.717, 1.165) is 5.56 Å². The minimum Gasteiger partial charge on any atom is -0.422 e. The van der Waals surface area contributed by atoms with Crippen LogP contribution in [0.5, 0.6) is 5.75 Å². The van der Waals surface area contributed by atoms with Gasteiger partial charge in [0.1, 0.15) is 11.3 Å². The Morgan fingerprint density at radius 2 is 1.77 bits per heavy atom. The van der Waals surface area contributed by atoms with Crippen molar-refractivity contribution in [3.05, 3.63) is 99.5 Å². The lowest BCUT2D eigenvalue weighted by molar-refractivity contribution is -0.117. The minimum absolute atomic E-state index is 0.0604. The van der Waals surface area contributed by atoms with Crippen LogP contribution in [0.2, 0.25) is 0 Å². The summed E-state index contributed by atoms with van der Waals surface area (Å²) in [6.07, 6.45) is 1.42. The third-order valence-electron chi connectivity index (χ3n) is 4.63. The quantitative estimate of drug-likeness (QED) is 0.261. The summed E-state index contributed by atoms with van der Waals surface area (Å²) in [6.45, 7) is 1.88. The van der Waals surface area contributed by atoms with Crippen molar-refractivity contribution in [1.82, 2.24) is 5.43 Å². The number of nitrogens with zero attached hydrogens (tertiary/aromatic N) is 1. The molecule has 0 bridgehead atoms. The first-order valence-electron chi connectivity index (χ1n) is 9.43. The molecule has 7 heteroatoms. The average molecular weight is 477 g/mol. The predicted octanol–water partition coefficient (Wildman–Crippen LogP) is 4.44. The summed E-state index contributed by atoms with van der Waals surface area (Å²) in [7, 11) is 0. The number of para-hydroxylation sites is 1. The van der Waals surface area contributed by atoms with E-state index in [4.69, 9.17) is 4.74 Å². The van der Waals surface area contributed by atoms with E-state index in [9.17, 15) is 14.4 Å². The van der Waals surface area contributed by atoms with Crippen LogP contribution in [-0.2, 0) is 9.59 Å². The molecule has 0 radical (unpaired) electrons. The van der Waals surface area contributed by atoms with Crippen molar-refractivity contribution in [2.45, 2.75) is 6.92 Å². The van der Waals surface area contributed by atoms with Gasteiger partial charge in [0.15, 0.2) is 0 Å². The highest BCUT2D eigenvalue weighted by Crippen LogP contribution is 2.28. The number of anilines is 1. The minimum atomic E-state index is -0.537. The van der Waals surface area contributed by atoms with Crippen LogP contribution in [0.25, 0.3) is 6.08 Å². The Balaban J connectivity index is 1.66. The van der Waals surface area contributed by atoms with E-state index < -0.39 is 17.8 Å². The van der Waals surface area contributed by atoms with Gasteiger partial charge in [0, 0.05) is 10.0 Å². The first kappa shape index (κ1) is 20.6. The van der Waals surface area contributed by atoms with Crippen molar-refractivity contribution in [2.24, 2.45) is 0 Å². The van der Waals surface area contributed by atoms with Gasteiger partial charge in [-0.3, -0.25) is 15.0 Å². The highest BCUT2D eigenvalue weighted by atomic mass is 79.9. The van der Waals surface area contributed by atoms with Gasteiger partial charge in [-0.1, -0.05) is 51.8 Å². The molecular formula is C24H17BrN2O4. The molecule has 3 aromatic rings. The number of carbonyl (C=O) groups is 3. The number of nitrogens with one attached hydrogen (secondary N) is 1. The largest absolute Gasteiger partial charge is 0.422 e. The fourth-order valence-electron chi connectivity index (χ4n) is 3.13. The molecule has 1 fully saturated rings. The lowest BCUT2D eigenvalue weighted by Gasteiger charge is -2.14. The number of rotatable bonds is 4. The number of hydrazine groups is 1. The van der Waals surface area contributed by atoms with Crippen LogP contribution in [0.1, 0.15) is 21.5 Å². The highest BCUT2D eigenvalue weighted by Gasteiger charge is 2.34. The van der Waals surface area contributed by atoms with Crippen LogP contribution in [0, 0.1) is 6.92 Å². The molecule has 0 unspecified atom stereocenters. The summed E-state index contributed by atoms with van der Waals surface area (Å²) in [4.78, 5) is 37.9. The van der Waals surface area contributed by atoms with Gasteiger partial charge in [-0.2, -0.15) is 0 Å². The van der Waals surface area contributed by atoms with Gasteiger partial charge in [0.05, 0.1) is 11.3 Å². The maximum atomic E-state index is 12.9. The van der Waals surface area contributed by atoms with E-state index in [1.807, 2.05) is 19.1 Å². The van der Waals surface area contributed by atoms with Gasteiger partial charge < -0.3 is 4.74 Å². The number of carbonyl (C=O) groups excluding carboxylic acids is 3. The molecule has 31 heavy (non-hydrogen) atoms. The molecule has 4 rings (SSSR count). The summed E-state index contributed by atoms with van der Waals surface area (Å²) in [5, 5.41) is 1.19. The summed E-state index contributed by atoms with van der Waals surface area (Å²) in [6, 6.07) is 20.8. The Bertz CT molecular complexity index is 1220. The maximum absolute atomic E-state index is 12.9. The van der Waals surface area contributed by atoms with Crippen molar-refractivity contribution < 1.29 is 19.1 Å². The van der Waals surface area contributed by atoms with E-state index >= 15 is 0 Å². The normalized spacial score (nSPS) is 14.6. The smallest absolute Gasteiger partial charge is 0.343 e. The molecule has 0 saturated carbocycles. The van der Waals surface area contributed by atoms with Crippen LogP contribution in [0.4, 0.5) is 5.69 Å². The zero-order chi connectivity index (χ0) is 22.0. The molecule has 1 aliphatic heterocycles. The molecule has 0 spiro atoms. The van der Waals surface area contributed by atoms with Crippen LogP contribution in [0.3, 0.4) is 0 Å². The standard InChI is InChI=1S/C24H17BrN2O4/c1-15-6-5-7-16(12-15)24(30)31-21-11-10-18(25)13-17(21)14-20-22(28)26-27(23(20)29)19-8-3-2-4-9-19/h2-14H,1H3,(H,26,28). The van der Waals surface area contributed by atoms with Crippen molar-refractivity contribution in [2.75, 3.05) is 5.01 Å². The topological polar surface area (TPSA) is 75.7 Å². The molecule has 0 aliphatic carbocycles. The lowest BCUT2D eigenvalue weighted by atomic mass is 10.1. The Hall–Kier alpha value is -3.71. The van der Waals surface area contributed by atoms with Crippen LogP contribution in [-0.4, -0.2) is 17.8 Å². The molecule has 1 N–H and O–H groups in total. The number of ether oxygens (including phenoxy) is 1. The summed E-state index contributed by atoms with van der Waals surface area (Å²) in [5.74, 6) is -1.32. The van der Waals surface area contributed by atoms with E-state index in [1.165, 1.54) is 11.1 Å². The van der Waals surface area contributed by atoms with Gasteiger partial charge in [-0.15, -0.1) is 0 Å². The number of hydrogen-bond donors (Lipinski definition) is 1. The number of halogens is 1. The second kappa shape index (κ2) is 8.57. The third kappa shape index (κ3) is 4.41. The Morgan fingerprint density at radius 3 is 2.52 bits per heavy atom. The first-order chi connectivity index (χ1) is 14.9. The Kier molecular flexibility index (Phi) is 5.68. The zero-order valence-corrected chi connectivity index (χ0v) is 18.0. The summed E-state index contributed by atoms with van der Waals surface area (Å²) in [5.41, 5.74) is 4.80. The molecule has 154 valence electrons. The zero-order valence-electron chi connectivity index (χ0n) is 16.5. The van der Waals surface area contributed by atoms with Gasteiger partial charge in [-0.25, -0.2) is 9.80 Å². The highest BCUT2D eigenvalue weighted by molar-refractivity contribution is 9.10. The number of esters is 1. The molecule has 3 aromatic carbocycles. The average Bonchev–Trinajstić information content (AvgIpc) is 3.04. The fourth-order valence-corrected chi connectivity index (χ4v) is 3.51. The second-order valence-electron chi connectivity index (χ2n) is 6.92. The van der Waals surface area contributed by atoms with Gasteiger partial charge in [0.25, 0.3) is 11.8 Å². The van der Waals surface area contributed by atoms with Gasteiger partial charge in [0.2, 0.25) is 0 Å². The number of amides is 2. The van der Waals surface area contributed by atoms with Crippen LogP contribution < -0.4 is 15.2 Å². The van der Waals surface area contributed by atoms with Gasteiger partial charge >= 0.3 is 5.97 Å². The van der Waals surface area contributed by atoms with Crippen LogP contribution >= 0.6 is 15.9 Å². The predicted molar refractivity (Wildman–Crippen MR) is 120 cm³/mol. The van der Waals surface area contributed by atoms with Crippen molar-refractivity contribution >= 4 is 45.5 Å². The SMILES string of the molecule is Cc1cccc(C(=O)Oc2ccc(Br)cc2C=C2C(=O)NN(c3ccccc3)C2=O)c1. The Labute approximate surface area is 187 Å². The maximum Gasteiger partial charge on any atom is 0.343 e. The monoisotopic (exact) mass is 476 g/mol. The molecule has 0 atom stereocenters. The molecule has 1 heterocycles. The molecule has 1 aliphatic rings. The number of hydrogen-bond acceptors (Lipinski definition) is 4. The van der Waals surface area contributed by atoms with Crippen molar-refractivity contribution in [3.63, 3.8) is 0 Å². The molecular weight excluding hydrogens is 460 g/mol. The van der Waals surface area contributed by atoms with E-state index in [0.29, 0.717) is 21.3 Å². The third-order valence-corrected chi connectivity index (χ3v) is 5.13. The molecule has 1 saturated heterocycles. The lowest BCUT2D eigenvalue weighted by Crippen LogP contribution is -2.35. The molecule has 0 aromatic heterocycles. The van der Waals surface area contributed by atoms with E-state index in [-0.39, 0.29) is 11.3 Å². The Morgan fingerprint density at radius 1 is 1.00 bits per heavy atom. The fraction of sp³-hybridized carbons (Fsp3) is 0.0417. The van der Waals surface area contributed by atoms with Crippen LogP contribution in [0.15, 0.2) is 82.8 Å².